The minimum Gasteiger partial charge on any atom is -0.385 e. The van der Waals surface area contributed by atoms with Crippen molar-refractivity contribution >= 4 is 29.6 Å². The van der Waals surface area contributed by atoms with Gasteiger partial charge in [-0.3, -0.25) is 0 Å². The summed E-state index contributed by atoms with van der Waals surface area (Å²) in [5, 5.41) is 10.5. The van der Waals surface area contributed by atoms with Crippen molar-refractivity contribution in [1.29, 1.82) is 0 Å². The molecule has 2 N–H and O–H groups in total. The first kappa shape index (κ1) is 21.3. The van der Waals surface area contributed by atoms with E-state index in [1.165, 1.54) is 0 Å². The van der Waals surface area contributed by atoms with Crippen molar-refractivity contribution in [3.63, 3.8) is 0 Å². The van der Waals surface area contributed by atoms with Crippen LogP contribution in [0.15, 0.2) is 40.6 Å². The first-order chi connectivity index (χ1) is 11.7. The lowest BCUT2D eigenvalue weighted by atomic mass is 9.99. The van der Waals surface area contributed by atoms with Gasteiger partial charge in [-0.15, -0.1) is 11.3 Å². The third kappa shape index (κ3) is 4.46. The number of hydrogen-bond acceptors (Lipinski definition) is 4. The zero-order valence-corrected chi connectivity index (χ0v) is 19.2. The maximum Gasteiger partial charge on any atom is 0.244 e. The Morgan fingerprint density at radius 1 is 1.04 bits per heavy atom. The minimum atomic E-state index is -3.65. The summed E-state index contributed by atoms with van der Waals surface area (Å²) in [6.45, 7) is 13.6. The fraction of sp³-hybridized carbons (Fsp3) is 0.474. The van der Waals surface area contributed by atoms with Gasteiger partial charge >= 0.3 is 0 Å². The molecule has 7 heteroatoms. The fourth-order valence-electron chi connectivity index (χ4n) is 2.33. The van der Waals surface area contributed by atoms with Crippen molar-refractivity contribution in [2.24, 2.45) is 0 Å². The van der Waals surface area contributed by atoms with Gasteiger partial charge in [0.2, 0.25) is 10.0 Å². The molecular formula is C19H29NO3S2Si. The van der Waals surface area contributed by atoms with Crippen LogP contribution in [0.1, 0.15) is 39.5 Å². The first-order valence-electron chi connectivity index (χ1n) is 8.61. The van der Waals surface area contributed by atoms with Crippen molar-refractivity contribution in [3.05, 3.63) is 41.3 Å². The Labute approximate surface area is 162 Å². The highest BCUT2D eigenvalue weighted by atomic mass is 32.2. The van der Waals surface area contributed by atoms with Gasteiger partial charge in [-0.05, 0) is 36.1 Å². The quantitative estimate of drug-likeness (QED) is 0.686. The van der Waals surface area contributed by atoms with Gasteiger partial charge in [0.25, 0.3) is 0 Å². The lowest BCUT2D eigenvalue weighted by molar-refractivity contribution is 0.0831. The molecular weight excluding hydrogens is 382 g/mol. The minimum absolute atomic E-state index is 0.112. The monoisotopic (exact) mass is 411 g/mol. The van der Waals surface area contributed by atoms with Crippen LogP contribution in [0.3, 0.4) is 0 Å². The highest BCUT2D eigenvalue weighted by Crippen LogP contribution is 2.41. The lowest BCUT2D eigenvalue weighted by Crippen LogP contribution is -2.54. The summed E-state index contributed by atoms with van der Waals surface area (Å²) in [7, 11) is -5.90. The van der Waals surface area contributed by atoms with Gasteiger partial charge in [-0.2, -0.15) is 0 Å². The summed E-state index contributed by atoms with van der Waals surface area (Å²) in [5.74, 6) is 0. The van der Waals surface area contributed by atoms with Crippen LogP contribution in [0.2, 0.25) is 18.1 Å². The number of aliphatic hydroxyl groups is 1. The molecule has 0 spiro atoms. The van der Waals surface area contributed by atoms with Gasteiger partial charge in [-0.25, -0.2) is 12.8 Å². The Balaban J connectivity index is 2.56. The van der Waals surface area contributed by atoms with E-state index < -0.39 is 23.9 Å². The molecule has 1 heterocycles. The van der Waals surface area contributed by atoms with Crippen LogP contribution in [0.4, 0.5) is 0 Å². The summed E-state index contributed by atoms with van der Waals surface area (Å²) in [6.07, 6.45) is 0. The maximum absolute atomic E-state index is 13.1. The van der Waals surface area contributed by atoms with E-state index in [2.05, 4.69) is 25.2 Å². The van der Waals surface area contributed by atoms with Crippen molar-refractivity contribution in [2.75, 3.05) is 0 Å². The molecule has 0 atom stereocenters. The number of benzene rings is 1. The van der Waals surface area contributed by atoms with Crippen molar-refractivity contribution in [2.45, 2.75) is 62.6 Å². The van der Waals surface area contributed by atoms with Crippen LogP contribution in [0.5, 0.6) is 0 Å². The molecule has 0 aliphatic carbocycles. The van der Waals surface area contributed by atoms with Crippen molar-refractivity contribution in [3.8, 4) is 11.1 Å². The summed E-state index contributed by atoms with van der Waals surface area (Å²) in [6, 6.07) is 11.3. The Hall–Kier alpha value is -0.993. The van der Waals surface area contributed by atoms with Crippen LogP contribution < -0.4 is 4.39 Å². The van der Waals surface area contributed by atoms with E-state index in [-0.39, 0.29) is 9.25 Å². The Kier molecular flexibility index (Phi) is 5.63. The SMILES string of the molecule is CC(C)(O)c1sc(S(=O)(=O)N[Si](C)(C)C(C)(C)C)cc1-c1ccccc1. The van der Waals surface area contributed by atoms with Crippen LogP contribution >= 0.6 is 11.3 Å². The number of thiophene rings is 1. The summed E-state index contributed by atoms with van der Waals surface area (Å²) >= 11 is 1.14. The fourth-order valence-corrected chi connectivity index (χ4v) is 8.89. The number of nitrogens with one attached hydrogen (secondary N) is 1. The second kappa shape index (κ2) is 6.87. The highest BCUT2D eigenvalue weighted by Gasteiger charge is 2.40. The molecule has 0 radical (unpaired) electrons. The van der Waals surface area contributed by atoms with Crippen molar-refractivity contribution < 1.29 is 13.5 Å². The average Bonchev–Trinajstić information content (AvgIpc) is 2.92. The van der Waals surface area contributed by atoms with Crippen LogP contribution in [0.25, 0.3) is 11.1 Å². The standard InChI is InChI=1S/C19H29NO3S2Si/c1-18(2,3)26(6,7)20-25(22,23)16-13-15(14-11-9-8-10-12-14)17(24-16)19(4,5)21/h8-13,20-21H,1-7H3. The maximum atomic E-state index is 13.1. The predicted molar refractivity (Wildman–Crippen MR) is 113 cm³/mol. The molecule has 0 aliphatic heterocycles. The molecule has 0 saturated heterocycles. The Morgan fingerprint density at radius 3 is 2.04 bits per heavy atom. The van der Waals surface area contributed by atoms with E-state index in [4.69, 9.17) is 0 Å². The van der Waals surface area contributed by atoms with Gasteiger partial charge in [0.05, 0.1) is 5.60 Å². The summed E-state index contributed by atoms with van der Waals surface area (Å²) in [5.41, 5.74) is 0.536. The zero-order valence-electron chi connectivity index (χ0n) is 16.5. The van der Waals surface area contributed by atoms with Crippen LogP contribution in [-0.4, -0.2) is 21.8 Å². The van der Waals surface area contributed by atoms with Gasteiger partial charge < -0.3 is 5.11 Å². The second-order valence-corrected chi connectivity index (χ2v) is 17.0. The van der Waals surface area contributed by atoms with Gasteiger partial charge in [0.15, 0.2) is 0 Å². The molecule has 0 bridgehead atoms. The van der Waals surface area contributed by atoms with Crippen LogP contribution in [-0.2, 0) is 15.6 Å². The molecule has 144 valence electrons. The molecule has 0 aliphatic rings. The van der Waals surface area contributed by atoms with E-state index in [0.717, 1.165) is 22.5 Å². The zero-order chi connectivity index (χ0) is 20.0. The van der Waals surface area contributed by atoms with E-state index in [1.54, 1.807) is 19.9 Å². The van der Waals surface area contributed by atoms with E-state index >= 15 is 0 Å². The highest BCUT2D eigenvalue weighted by molar-refractivity contribution is 7.93. The second-order valence-electron chi connectivity index (χ2n) is 8.71. The normalized spacial score (nSPS) is 13.8. The smallest absolute Gasteiger partial charge is 0.244 e. The molecule has 0 saturated carbocycles. The topological polar surface area (TPSA) is 66.4 Å². The number of hydrogen-bond donors (Lipinski definition) is 2. The predicted octanol–water partition coefficient (Wildman–Crippen LogP) is 4.93. The van der Waals surface area contributed by atoms with Gasteiger partial charge in [0.1, 0.15) is 12.4 Å². The average molecular weight is 412 g/mol. The van der Waals surface area contributed by atoms with Gasteiger partial charge in [0, 0.05) is 4.88 Å². The van der Waals surface area contributed by atoms with Crippen molar-refractivity contribution in [1.82, 2.24) is 4.39 Å². The van der Waals surface area contributed by atoms with E-state index in [0.29, 0.717) is 4.88 Å². The molecule has 26 heavy (non-hydrogen) atoms. The van der Waals surface area contributed by atoms with Crippen LogP contribution in [0, 0.1) is 0 Å². The molecule has 0 fully saturated rings. The molecule has 2 rings (SSSR count). The lowest BCUT2D eigenvalue weighted by Gasteiger charge is -2.36. The molecule has 0 unspecified atom stereocenters. The molecule has 2 aromatic rings. The third-order valence-corrected chi connectivity index (χ3v) is 14.5. The van der Waals surface area contributed by atoms with E-state index in [1.807, 2.05) is 43.4 Å². The summed E-state index contributed by atoms with van der Waals surface area (Å²) in [4.78, 5) is 0.652. The first-order valence-corrected chi connectivity index (χ1v) is 13.9. The molecule has 4 nitrogen and oxygen atoms in total. The number of rotatable bonds is 5. The summed E-state index contributed by atoms with van der Waals surface area (Å²) < 4.78 is 29.4. The third-order valence-electron chi connectivity index (χ3n) is 4.88. The Morgan fingerprint density at radius 2 is 1.58 bits per heavy atom. The molecule has 0 amide bonds. The number of sulfonamides is 1. The largest absolute Gasteiger partial charge is 0.385 e. The molecule has 1 aromatic heterocycles. The Bertz CT molecular complexity index is 874. The molecule has 1 aromatic carbocycles. The van der Waals surface area contributed by atoms with Gasteiger partial charge in [-0.1, -0.05) is 64.2 Å². The van der Waals surface area contributed by atoms with E-state index in [9.17, 15) is 13.5 Å².